The van der Waals surface area contributed by atoms with Crippen molar-refractivity contribution in [3.63, 3.8) is 0 Å². The van der Waals surface area contributed by atoms with Crippen molar-refractivity contribution in [2.24, 2.45) is 5.10 Å². The summed E-state index contributed by atoms with van der Waals surface area (Å²) in [6, 6.07) is 14.1. The molecule has 1 amide bonds. The average Bonchev–Trinajstić information content (AvgIpc) is 3.45. The second-order valence-corrected chi connectivity index (χ2v) is 7.72. The Kier molecular flexibility index (Phi) is 5.95. The van der Waals surface area contributed by atoms with Crippen LogP contribution in [0.3, 0.4) is 0 Å². The van der Waals surface area contributed by atoms with Gasteiger partial charge in [-0.2, -0.15) is 5.10 Å². The molecule has 1 aliphatic rings. The molecule has 4 rings (SSSR count). The van der Waals surface area contributed by atoms with Crippen LogP contribution in [0.4, 0.5) is 5.69 Å². The summed E-state index contributed by atoms with van der Waals surface area (Å²) in [5.74, 6) is 0.789. The van der Waals surface area contributed by atoms with E-state index in [1.807, 2.05) is 0 Å². The van der Waals surface area contributed by atoms with Crippen molar-refractivity contribution in [2.45, 2.75) is 12.5 Å². The minimum atomic E-state index is -0.562. The lowest BCUT2D eigenvalue weighted by Gasteiger charge is -2.21. The molecule has 0 radical (unpaired) electrons. The maximum absolute atomic E-state index is 13.2. The average molecular weight is 500 g/mol. The highest BCUT2D eigenvalue weighted by Crippen LogP contribution is 2.38. The van der Waals surface area contributed by atoms with Gasteiger partial charge >= 0.3 is 5.91 Å². The Morgan fingerprint density at radius 2 is 2.00 bits per heavy atom. The molecule has 0 N–H and O–H groups in total. The summed E-state index contributed by atoms with van der Waals surface area (Å²) in [6.07, 6.45) is 0.331. The highest BCUT2D eigenvalue weighted by Gasteiger charge is 2.36. The molecule has 9 nitrogen and oxygen atoms in total. The molecule has 0 bridgehead atoms. The molecule has 0 aliphatic carbocycles. The molecule has 1 aliphatic heterocycles. The van der Waals surface area contributed by atoms with Crippen LogP contribution >= 0.6 is 15.9 Å². The summed E-state index contributed by atoms with van der Waals surface area (Å²) < 4.78 is 16.6. The van der Waals surface area contributed by atoms with Crippen LogP contribution < -0.4 is 9.47 Å². The molecule has 164 valence electrons. The Morgan fingerprint density at radius 1 is 1.19 bits per heavy atom. The molecule has 2 aromatic carbocycles. The number of carbonyl (C=O) groups is 1. The Bertz CT molecular complexity index is 1220. The number of furan rings is 1. The van der Waals surface area contributed by atoms with E-state index in [1.165, 1.54) is 24.3 Å². The third-order valence-electron chi connectivity index (χ3n) is 5.09. The van der Waals surface area contributed by atoms with Gasteiger partial charge in [-0.15, -0.1) is 0 Å². The van der Waals surface area contributed by atoms with Crippen molar-refractivity contribution in [2.75, 3.05) is 14.2 Å². The normalized spacial score (nSPS) is 15.4. The molecule has 32 heavy (non-hydrogen) atoms. The summed E-state index contributed by atoms with van der Waals surface area (Å²) in [7, 11) is 3.09. The maximum atomic E-state index is 13.2. The minimum Gasteiger partial charge on any atom is -0.497 e. The van der Waals surface area contributed by atoms with Gasteiger partial charge in [0.05, 0.1) is 30.9 Å². The summed E-state index contributed by atoms with van der Waals surface area (Å²) in [6.45, 7) is 0. The zero-order chi connectivity index (χ0) is 22.8. The van der Waals surface area contributed by atoms with E-state index in [9.17, 15) is 14.9 Å². The van der Waals surface area contributed by atoms with Crippen LogP contribution in [0.5, 0.6) is 11.5 Å². The van der Waals surface area contributed by atoms with Gasteiger partial charge < -0.3 is 13.9 Å². The molecule has 0 saturated carbocycles. The predicted molar refractivity (Wildman–Crippen MR) is 119 cm³/mol. The van der Waals surface area contributed by atoms with E-state index < -0.39 is 16.9 Å². The number of halogens is 1. The lowest BCUT2D eigenvalue weighted by atomic mass is 9.97. The van der Waals surface area contributed by atoms with Crippen molar-refractivity contribution in [1.82, 2.24) is 5.01 Å². The topological polar surface area (TPSA) is 107 Å². The molecular weight excluding hydrogens is 482 g/mol. The zero-order valence-electron chi connectivity index (χ0n) is 17.1. The number of amides is 1. The first-order valence-corrected chi connectivity index (χ1v) is 10.3. The SMILES string of the molecule is COc1ccc(C2=NN(C(=O)c3ccc(Br)o3)[C@@H](c3cccc([N+](=O)[O-])c3)C2)c(OC)c1. The van der Waals surface area contributed by atoms with Crippen molar-refractivity contribution in [1.29, 1.82) is 0 Å². The highest BCUT2D eigenvalue weighted by atomic mass is 79.9. The smallest absolute Gasteiger partial charge is 0.310 e. The molecular formula is C22H18BrN3O6. The van der Waals surface area contributed by atoms with Crippen LogP contribution in [0, 0.1) is 10.1 Å². The third-order valence-corrected chi connectivity index (χ3v) is 5.51. The largest absolute Gasteiger partial charge is 0.497 e. The lowest BCUT2D eigenvalue weighted by molar-refractivity contribution is -0.384. The first kappa shape index (κ1) is 21.6. The Morgan fingerprint density at radius 3 is 2.66 bits per heavy atom. The van der Waals surface area contributed by atoms with E-state index in [-0.39, 0.29) is 11.4 Å². The van der Waals surface area contributed by atoms with Crippen LogP contribution in [0.15, 0.2) is 68.8 Å². The van der Waals surface area contributed by atoms with Gasteiger partial charge in [0.15, 0.2) is 10.4 Å². The van der Waals surface area contributed by atoms with Gasteiger partial charge in [-0.05, 0) is 45.8 Å². The Labute approximate surface area is 191 Å². The quantitative estimate of drug-likeness (QED) is 0.350. The molecule has 3 aromatic rings. The number of ether oxygens (including phenoxy) is 2. The number of carbonyl (C=O) groups excluding carboxylic acids is 1. The van der Waals surface area contributed by atoms with Gasteiger partial charge in [0.1, 0.15) is 11.5 Å². The number of nitro groups is 1. The highest BCUT2D eigenvalue weighted by molar-refractivity contribution is 9.10. The van der Waals surface area contributed by atoms with E-state index in [0.717, 1.165) is 0 Å². The van der Waals surface area contributed by atoms with E-state index in [0.29, 0.717) is 39.4 Å². The fraction of sp³-hybridized carbons (Fsp3) is 0.182. The van der Waals surface area contributed by atoms with Gasteiger partial charge in [-0.3, -0.25) is 14.9 Å². The van der Waals surface area contributed by atoms with E-state index >= 15 is 0 Å². The number of benzene rings is 2. The number of hydrazone groups is 1. The second-order valence-electron chi connectivity index (χ2n) is 6.94. The number of hydrogen-bond acceptors (Lipinski definition) is 7. The number of non-ortho nitro benzene ring substituents is 1. The fourth-order valence-corrected chi connectivity index (χ4v) is 3.85. The molecule has 2 heterocycles. The molecule has 1 atom stereocenters. The number of rotatable bonds is 6. The summed E-state index contributed by atoms with van der Waals surface area (Å²) in [5, 5.41) is 17.2. The van der Waals surface area contributed by atoms with Crippen LogP contribution in [-0.2, 0) is 0 Å². The molecule has 0 spiro atoms. The van der Waals surface area contributed by atoms with Gasteiger partial charge in [0.25, 0.3) is 5.69 Å². The second kappa shape index (κ2) is 8.83. The van der Waals surface area contributed by atoms with Gasteiger partial charge in [-0.1, -0.05) is 12.1 Å². The number of nitro benzene ring substituents is 1. The number of methoxy groups -OCH3 is 2. The number of hydrogen-bond donors (Lipinski definition) is 0. The molecule has 0 saturated heterocycles. The van der Waals surface area contributed by atoms with Crippen molar-refractivity contribution in [3.8, 4) is 11.5 Å². The molecule has 0 unspecified atom stereocenters. The fourth-order valence-electron chi connectivity index (χ4n) is 3.54. The van der Waals surface area contributed by atoms with Crippen LogP contribution in [-0.4, -0.2) is 35.8 Å². The maximum Gasteiger partial charge on any atom is 0.310 e. The van der Waals surface area contributed by atoms with E-state index in [4.69, 9.17) is 13.9 Å². The molecule has 1 aromatic heterocycles. The predicted octanol–water partition coefficient (Wildman–Crippen LogP) is 4.96. The Hall–Kier alpha value is -3.66. The first-order valence-electron chi connectivity index (χ1n) is 9.54. The van der Waals surface area contributed by atoms with Crippen molar-refractivity contribution in [3.05, 3.63) is 86.3 Å². The van der Waals surface area contributed by atoms with Gasteiger partial charge in [0.2, 0.25) is 0 Å². The first-order chi connectivity index (χ1) is 15.4. The molecule has 10 heteroatoms. The van der Waals surface area contributed by atoms with Gasteiger partial charge in [0, 0.05) is 30.2 Å². The van der Waals surface area contributed by atoms with E-state index in [2.05, 4.69) is 21.0 Å². The van der Waals surface area contributed by atoms with Gasteiger partial charge in [-0.25, -0.2) is 5.01 Å². The van der Waals surface area contributed by atoms with Crippen LogP contribution in [0.1, 0.15) is 34.1 Å². The zero-order valence-corrected chi connectivity index (χ0v) is 18.7. The summed E-state index contributed by atoms with van der Waals surface area (Å²) in [4.78, 5) is 24.0. The van der Waals surface area contributed by atoms with Crippen LogP contribution in [0.2, 0.25) is 0 Å². The number of nitrogens with zero attached hydrogens (tertiary/aromatic N) is 3. The van der Waals surface area contributed by atoms with Crippen molar-refractivity contribution >= 4 is 33.2 Å². The molecule has 0 fully saturated rings. The lowest BCUT2D eigenvalue weighted by Crippen LogP contribution is -2.26. The van der Waals surface area contributed by atoms with Crippen molar-refractivity contribution < 1.29 is 23.6 Å². The Balaban J connectivity index is 1.78. The third kappa shape index (κ3) is 4.09. The monoisotopic (exact) mass is 499 g/mol. The minimum absolute atomic E-state index is 0.0638. The standard InChI is InChI=1S/C22H18BrN3O6/c1-30-15-6-7-16(20(11-15)31-2)17-12-18(13-4-3-5-14(10-13)26(28)29)25(24-17)22(27)19-8-9-21(23)32-19/h3-11,18H,12H2,1-2H3/t18-/m1/s1. The summed E-state index contributed by atoms with van der Waals surface area (Å²) in [5.41, 5.74) is 1.81. The summed E-state index contributed by atoms with van der Waals surface area (Å²) >= 11 is 3.20. The van der Waals surface area contributed by atoms with Crippen LogP contribution in [0.25, 0.3) is 0 Å². The van der Waals surface area contributed by atoms with E-state index in [1.54, 1.807) is 49.6 Å².